The zero-order chi connectivity index (χ0) is 12.1. The Hall–Kier alpha value is -1.15. The Kier molecular flexibility index (Phi) is 4.69. The van der Waals surface area contributed by atoms with E-state index in [2.05, 4.69) is 20.3 Å². The second kappa shape index (κ2) is 5.80. The maximum absolute atomic E-state index is 11.0. The number of rotatable bonds is 5. The summed E-state index contributed by atoms with van der Waals surface area (Å²) in [7, 11) is 5.22. The molecule has 8 heteroatoms. The molecule has 1 unspecified atom stereocenters. The molecule has 0 amide bonds. The van der Waals surface area contributed by atoms with E-state index >= 15 is 0 Å². The molecule has 1 atom stereocenters. The summed E-state index contributed by atoms with van der Waals surface area (Å²) in [4.78, 5) is 13.0. The van der Waals surface area contributed by atoms with Gasteiger partial charge in [0.2, 0.25) is 5.16 Å². The smallest absolute Gasteiger partial charge is 0.316 e. The van der Waals surface area contributed by atoms with Crippen molar-refractivity contribution in [2.24, 2.45) is 0 Å². The lowest BCUT2D eigenvalue weighted by Crippen LogP contribution is -2.24. The van der Waals surface area contributed by atoms with Crippen LogP contribution in [-0.2, 0) is 9.53 Å². The summed E-state index contributed by atoms with van der Waals surface area (Å²) in [5.41, 5.74) is 0. The third-order valence-corrected chi connectivity index (χ3v) is 3.02. The van der Waals surface area contributed by atoms with E-state index in [1.54, 1.807) is 4.68 Å². The van der Waals surface area contributed by atoms with Crippen molar-refractivity contribution in [3.63, 3.8) is 0 Å². The van der Waals surface area contributed by atoms with Gasteiger partial charge in [0.25, 0.3) is 0 Å². The van der Waals surface area contributed by atoms with Crippen molar-refractivity contribution in [1.82, 2.24) is 25.1 Å². The fraction of sp³-hybridized carbons (Fsp3) is 0.750. The number of aromatic nitrogens is 4. The fourth-order valence-corrected chi connectivity index (χ4v) is 1.70. The molecular weight excluding hydrogens is 230 g/mol. The third kappa shape index (κ3) is 3.17. The van der Waals surface area contributed by atoms with E-state index < -0.39 is 0 Å². The van der Waals surface area contributed by atoms with Crippen molar-refractivity contribution in [3.8, 4) is 0 Å². The summed E-state index contributed by atoms with van der Waals surface area (Å²) in [6, 6.07) is 0. The molecule has 0 aliphatic heterocycles. The Morgan fingerprint density at radius 1 is 1.62 bits per heavy atom. The quantitative estimate of drug-likeness (QED) is 0.534. The molecule has 0 spiro atoms. The molecule has 16 heavy (non-hydrogen) atoms. The molecule has 0 fully saturated rings. The standard InChI is InChI=1S/C8H15N5O2S/c1-6(12(2)3)13-8(9-10-11-13)16-5-7(14)15-4/h6H,5H2,1-4H3. The van der Waals surface area contributed by atoms with Crippen LogP contribution in [0.5, 0.6) is 0 Å². The second-order valence-electron chi connectivity index (χ2n) is 3.37. The average Bonchev–Trinajstić information content (AvgIpc) is 2.72. The van der Waals surface area contributed by atoms with Crippen LogP contribution in [0.25, 0.3) is 0 Å². The third-order valence-electron chi connectivity index (χ3n) is 2.11. The second-order valence-corrected chi connectivity index (χ2v) is 4.31. The van der Waals surface area contributed by atoms with Crippen LogP contribution in [0, 0.1) is 0 Å². The summed E-state index contributed by atoms with van der Waals surface area (Å²) < 4.78 is 6.21. The summed E-state index contributed by atoms with van der Waals surface area (Å²) in [6.07, 6.45) is 0.0372. The predicted octanol–water partition coefficient (Wildman–Crippen LogP) is 0.0183. The van der Waals surface area contributed by atoms with Gasteiger partial charge in [-0.05, 0) is 31.4 Å². The number of hydrogen-bond acceptors (Lipinski definition) is 7. The van der Waals surface area contributed by atoms with E-state index in [-0.39, 0.29) is 17.9 Å². The van der Waals surface area contributed by atoms with E-state index in [4.69, 9.17) is 0 Å². The molecule has 0 aromatic carbocycles. The molecule has 7 nitrogen and oxygen atoms in total. The van der Waals surface area contributed by atoms with Gasteiger partial charge in [0, 0.05) is 0 Å². The highest BCUT2D eigenvalue weighted by Gasteiger charge is 2.16. The molecule has 1 heterocycles. The number of tetrazole rings is 1. The minimum Gasteiger partial charge on any atom is -0.468 e. The number of thioether (sulfide) groups is 1. The number of ether oxygens (including phenoxy) is 1. The van der Waals surface area contributed by atoms with Gasteiger partial charge in [0.15, 0.2) is 0 Å². The molecule has 0 saturated heterocycles. The van der Waals surface area contributed by atoms with Gasteiger partial charge in [-0.2, -0.15) is 0 Å². The zero-order valence-corrected chi connectivity index (χ0v) is 10.6. The number of nitrogens with zero attached hydrogens (tertiary/aromatic N) is 5. The van der Waals surface area contributed by atoms with Crippen LogP contribution in [0.3, 0.4) is 0 Å². The van der Waals surface area contributed by atoms with E-state index in [1.165, 1.54) is 18.9 Å². The van der Waals surface area contributed by atoms with Gasteiger partial charge in [-0.25, -0.2) is 4.68 Å². The van der Waals surface area contributed by atoms with Crippen LogP contribution < -0.4 is 0 Å². The maximum Gasteiger partial charge on any atom is 0.316 e. The van der Waals surface area contributed by atoms with Crippen LogP contribution in [0.2, 0.25) is 0 Å². The molecule has 0 radical (unpaired) electrons. The van der Waals surface area contributed by atoms with E-state index in [9.17, 15) is 4.79 Å². The minimum atomic E-state index is -0.294. The highest BCUT2D eigenvalue weighted by molar-refractivity contribution is 7.99. The van der Waals surface area contributed by atoms with Gasteiger partial charge in [0.1, 0.15) is 6.17 Å². The first-order valence-corrected chi connectivity index (χ1v) is 5.68. The molecule has 1 rings (SSSR count). The fourth-order valence-electron chi connectivity index (χ4n) is 0.916. The first kappa shape index (κ1) is 12.9. The number of methoxy groups -OCH3 is 1. The number of esters is 1. The molecular formula is C8H15N5O2S. The van der Waals surface area contributed by atoms with Gasteiger partial charge in [0.05, 0.1) is 12.9 Å². The van der Waals surface area contributed by atoms with Gasteiger partial charge < -0.3 is 4.74 Å². The molecule has 0 saturated carbocycles. The van der Waals surface area contributed by atoms with Crippen molar-refractivity contribution in [1.29, 1.82) is 0 Å². The Morgan fingerprint density at radius 2 is 2.31 bits per heavy atom. The maximum atomic E-state index is 11.0. The number of hydrogen-bond donors (Lipinski definition) is 0. The van der Waals surface area contributed by atoms with Crippen LogP contribution in [0.1, 0.15) is 13.1 Å². The first-order valence-electron chi connectivity index (χ1n) is 4.70. The summed E-state index contributed by atoms with van der Waals surface area (Å²) in [5.74, 6) is -0.0890. The van der Waals surface area contributed by atoms with Crippen LogP contribution in [-0.4, -0.2) is 58.0 Å². The Labute approximate surface area is 98.1 Å². The van der Waals surface area contributed by atoms with Crippen LogP contribution >= 0.6 is 11.8 Å². The molecule has 1 aromatic heterocycles. The van der Waals surface area contributed by atoms with Gasteiger partial charge in [-0.1, -0.05) is 11.8 Å². The molecule has 0 aliphatic carbocycles. The zero-order valence-electron chi connectivity index (χ0n) is 9.75. The van der Waals surface area contributed by atoms with Crippen LogP contribution in [0.4, 0.5) is 0 Å². The molecule has 1 aromatic rings. The lowest BCUT2D eigenvalue weighted by atomic mass is 10.5. The average molecular weight is 245 g/mol. The first-order chi connectivity index (χ1) is 7.56. The Morgan fingerprint density at radius 3 is 2.88 bits per heavy atom. The summed E-state index contributed by atoms with van der Waals surface area (Å²) in [6.45, 7) is 1.97. The van der Waals surface area contributed by atoms with Gasteiger partial charge >= 0.3 is 5.97 Å². The van der Waals surface area contributed by atoms with E-state index in [0.29, 0.717) is 5.16 Å². The van der Waals surface area contributed by atoms with Crippen molar-refractivity contribution in [2.75, 3.05) is 27.0 Å². The SMILES string of the molecule is COC(=O)CSc1nnnn1C(C)N(C)C. The summed E-state index contributed by atoms with van der Waals surface area (Å²) in [5, 5.41) is 11.9. The Bertz CT molecular complexity index is 354. The molecule has 0 aliphatic rings. The number of carbonyl (C=O) groups excluding carboxylic acids is 1. The molecule has 90 valence electrons. The lowest BCUT2D eigenvalue weighted by Gasteiger charge is -2.19. The van der Waals surface area contributed by atoms with Crippen molar-refractivity contribution in [2.45, 2.75) is 18.2 Å². The monoisotopic (exact) mass is 245 g/mol. The highest BCUT2D eigenvalue weighted by Crippen LogP contribution is 2.18. The van der Waals surface area contributed by atoms with Crippen molar-refractivity contribution in [3.05, 3.63) is 0 Å². The minimum absolute atomic E-state index is 0.0372. The largest absolute Gasteiger partial charge is 0.468 e. The van der Waals surface area contributed by atoms with E-state index in [0.717, 1.165) is 0 Å². The highest BCUT2D eigenvalue weighted by atomic mass is 32.2. The lowest BCUT2D eigenvalue weighted by molar-refractivity contribution is -0.137. The van der Waals surface area contributed by atoms with Crippen molar-refractivity contribution >= 4 is 17.7 Å². The summed E-state index contributed by atoms with van der Waals surface area (Å²) >= 11 is 1.26. The van der Waals surface area contributed by atoms with Crippen molar-refractivity contribution < 1.29 is 9.53 Å². The van der Waals surface area contributed by atoms with Gasteiger partial charge in [-0.3, -0.25) is 9.69 Å². The number of carbonyl (C=O) groups is 1. The van der Waals surface area contributed by atoms with E-state index in [1.807, 2.05) is 25.9 Å². The molecule has 0 bridgehead atoms. The van der Waals surface area contributed by atoms with Gasteiger partial charge in [-0.15, -0.1) is 5.10 Å². The van der Waals surface area contributed by atoms with Crippen LogP contribution in [0.15, 0.2) is 5.16 Å². The normalized spacial score (nSPS) is 12.8. The topological polar surface area (TPSA) is 73.1 Å². The molecule has 0 N–H and O–H groups in total. The predicted molar refractivity (Wildman–Crippen MR) is 59.0 cm³/mol. The Balaban J connectivity index is 2.67.